The van der Waals surface area contributed by atoms with E-state index in [1.165, 1.54) is 5.56 Å². The van der Waals surface area contributed by atoms with Gasteiger partial charge < -0.3 is 15.5 Å². The first-order valence-corrected chi connectivity index (χ1v) is 6.72. The monoisotopic (exact) mass is 283 g/mol. The molecule has 3 aromatic rings. The van der Waals surface area contributed by atoms with Crippen molar-refractivity contribution in [3.8, 4) is 0 Å². The number of nitrogens with two attached hydrogens (primary N) is 1. The molecule has 0 aliphatic heterocycles. The van der Waals surface area contributed by atoms with Gasteiger partial charge in [0, 0.05) is 42.5 Å². The molecule has 0 saturated carbocycles. The maximum absolute atomic E-state index is 8.86. The molecule has 3 rings (SSSR count). The predicted octanol–water partition coefficient (Wildman–Crippen LogP) is 1.71. The number of hydrogen-bond donors (Lipinski definition) is 2. The second-order valence-electron chi connectivity index (χ2n) is 5.00. The van der Waals surface area contributed by atoms with Crippen molar-refractivity contribution in [2.75, 3.05) is 0 Å². The van der Waals surface area contributed by atoms with Gasteiger partial charge in [0.1, 0.15) is 0 Å². The van der Waals surface area contributed by atoms with E-state index in [4.69, 9.17) is 10.9 Å². The predicted molar refractivity (Wildman–Crippen MR) is 81.4 cm³/mol. The molecule has 0 aliphatic carbocycles. The molecule has 0 saturated heterocycles. The molecule has 0 bridgehead atoms. The van der Waals surface area contributed by atoms with Crippen LogP contribution in [0.5, 0.6) is 0 Å². The van der Waals surface area contributed by atoms with Gasteiger partial charge in [-0.1, -0.05) is 17.3 Å². The number of amidine groups is 1. The number of hydrogen-bond acceptors (Lipinski definition) is 3. The van der Waals surface area contributed by atoms with Crippen LogP contribution in [0.3, 0.4) is 0 Å². The summed E-state index contributed by atoms with van der Waals surface area (Å²) in [6, 6.07) is 7.79. The summed E-state index contributed by atoms with van der Waals surface area (Å²) in [5.41, 5.74) is 8.74. The molecule has 1 aromatic carbocycles. The molecule has 0 radical (unpaired) electrons. The maximum Gasteiger partial charge on any atom is 0.170 e. The van der Waals surface area contributed by atoms with Gasteiger partial charge in [0.15, 0.2) is 5.84 Å². The second-order valence-corrected chi connectivity index (χ2v) is 5.00. The van der Waals surface area contributed by atoms with E-state index >= 15 is 0 Å². The summed E-state index contributed by atoms with van der Waals surface area (Å²) in [6.45, 7) is 0.856. The average molecular weight is 283 g/mol. The van der Waals surface area contributed by atoms with Gasteiger partial charge in [0.2, 0.25) is 0 Å². The lowest BCUT2D eigenvalue weighted by Gasteiger charge is -2.06. The summed E-state index contributed by atoms with van der Waals surface area (Å²) in [6.07, 6.45) is 6.83. The first kappa shape index (κ1) is 13.2. The van der Waals surface area contributed by atoms with Gasteiger partial charge in [-0.25, -0.2) is 0 Å². The van der Waals surface area contributed by atoms with E-state index in [0.29, 0.717) is 0 Å². The molecule has 108 valence electrons. The minimum atomic E-state index is 0.130. The number of fused-ring (bicyclic) bond motifs is 1. The highest BCUT2D eigenvalue weighted by Crippen LogP contribution is 2.20. The molecule has 3 N–H and O–H groups in total. The molecule has 6 nitrogen and oxygen atoms in total. The molecule has 0 atom stereocenters. The standard InChI is InChI=1S/C15H17N5O/c1-19-10-11(9-17-19)5-7-20-8-6-12-13(15(16)18-21)3-2-4-14(12)20/h2-4,6,8-10,21H,5,7H2,1H3,(H2,16,18). The van der Waals surface area contributed by atoms with Crippen LogP contribution in [0, 0.1) is 0 Å². The highest BCUT2D eigenvalue weighted by Gasteiger charge is 2.09. The Hall–Kier alpha value is -2.76. The van der Waals surface area contributed by atoms with E-state index in [1.54, 1.807) is 4.68 Å². The van der Waals surface area contributed by atoms with Crippen molar-refractivity contribution >= 4 is 16.7 Å². The summed E-state index contributed by atoms with van der Waals surface area (Å²) >= 11 is 0. The normalized spacial score (nSPS) is 12.1. The zero-order valence-electron chi connectivity index (χ0n) is 11.8. The first-order valence-electron chi connectivity index (χ1n) is 6.72. The Morgan fingerprint density at radius 1 is 1.38 bits per heavy atom. The molecule has 21 heavy (non-hydrogen) atoms. The zero-order valence-corrected chi connectivity index (χ0v) is 11.8. The summed E-state index contributed by atoms with van der Waals surface area (Å²) < 4.78 is 3.97. The maximum atomic E-state index is 8.86. The zero-order chi connectivity index (χ0) is 14.8. The Morgan fingerprint density at radius 3 is 2.95 bits per heavy atom. The van der Waals surface area contributed by atoms with E-state index in [0.717, 1.165) is 29.4 Å². The lowest BCUT2D eigenvalue weighted by molar-refractivity contribution is 0.318. The smallest absolute Gasteiger partial charge is 0.170 e. The quantitative estimate of drug-likeness (QED) is 0.331. The molecule has 0 fully saturated rings. The molecular formula is C15H17N5O. The largest absolute Gasteiger partial charge is 0.409 e. The van der Waals surface area contributed by atoms with Gasteiger partial charge >= 0.3 is 0 Å². The number of nitrogens with zero attached hydrogens (tertiary/aromatic N) is 4. The molecule has 6 heteroatoms. The van der Waals surface area contributed by atoms with Crippen molar-refractivity contribution in [3.05, 3.63) is 54.0 Å². The van der Waals surface area contributed by atoms with Crippen molar-refractivity contribution < 1.29 is 5.21 Å². The van der Waals surface area contributed by atoms with E-state index in [9.17, 15) is 0 Å². The minimum absolute atomic E-state index is 0.130. The van der Waals surface area contributed by atoms with Gasteiger partial charge in [0.05, 0.1) is 6.20 Å². The van der Waals surface area contributed by atoms with E-state index in [1.807, 2.05) is 49.9 Å². The molecule has 0 aliphatic rings. The number of oxime groups is 1. The summed E-state index contributed by atoms with van der Waals surface area (Å²) in [4.78, 5) is 0. The van der Waals surface area contributed by atoms with Crippen molar-refractivity contribution in [2.45, 2.75) is 13.0 Å². The summed E-state index contributed by atoms with van der Waals surface area (Å²) in [5, 5.41) is 17.1. The van der Waals surface area contributed by atoms with Crippen LogP contribution in [-0.4, -0.2) is 25.4 Å². The lowest BCUT2D eigenvalue weighted by Crippen LogP contribution is -2.13. The number of aryl methyl sites for hydroxylation is 3. The highest BCUT2D eigenvalue weighted by molar-refractivity contribution is 6.08. The van der Waals surface area contributed by atoms with Crippen LogP contribution in [0.1, 0.15) is 11.1 Å². The molecule has 0 amide bonds. The van der Waals surface area contributed by atoms with Crippen molar-refractivity contribution in [1.29, 1.82) is 0 Å². The molecule has 0 unspecified atom stereocenters. The minimum Gasteiger partial charge on any atom is -0.409 e. The second kappa shape index (κ2) is 5.32. The topological polar surface area (TPSA) is 81.4 Å². The fourth-order valence-electron chi connectivity index (χ4n) is 2.55. The Labute approximate surface area is 122 Å². The van der Waals surface area contributed by atoms with Crippen LogP contribution in [0.25, 0.3) is 10.9 Å². The Balaban J connectivity index is 1.90. The van der Waals surface area contributed by atoms with Crippen LogP contribution in [0.2, 0.25) is 0 Å². The van der Waals surface area contributed by atoms with Gasteiger partial charge in [-0.3, -0.25) is 4.68 Å². The van der Waals surface area contributed by atoms with Gasteiger partial charge in [-0.2, -0.15) is 5.10 Å². The van der Waals surface area contributed by atoms with Gasteiger partial charge in [-0.15, -0.1) is 0 Å². The van der Waals surface area contributed by atoms with Crippen molar-refractivity contribution in [1.82, 2.24) is 14.3 Å². The highest BCUT2D eigenvalue weighted by atomic mass is 16.4. The molecule has 2 aromatic heterocycles. The fourth-order valence-corrected chi connectivity index (χ4v) is 2.55. The number of benzene rings is 1. The number of aromatic nitrogens is 3. The molecular weight excluding hydrogens is 266 g/mol. The van der Waals surface area contributed by atoms with Crippen LogP contribution >= 0.6 is 0 Å². The lowest BCUT2D eigenvalue weighted by atomic mass is 10.1. The Morgan fingerprint density at radius 2 is 2.24 bits per heavy atom. The summed E-state index contributed by atoms with van der Waals surface area (Å²) in [5.74, 6) is 0.130. The van der Waals surface area contributed by atoms with Crippen molar-refractivity contribution in [3.63, 3.8) is 0 Å². The first-order chi connectivity index (χ1) is 10.2. The van der Waals surface area contributed by atoms with Crippen molar-refractivity contribution in [2.24, 2.45) is 17.9 Å². The Kier molecular flexibility index (Phi) is 3.35. The third kappa shape index (κ3) is 2.47. The third-order valence-corrected chi connectivity index (χ3v) is 3.60. The number of rotatable bonds is 4. The average Bonchev–Trinajstić information content (AvgIpc) is 3.10. The van der Waals surface area contributed by atoms with Crippen LogP contribution < -0.4 is 5.73 Å². The molecule has 2 heterocycles. The van der Waals surface area contributed by atoms with Gasteiger partial charge in [-0.05, 0) is 24.1 Å². The molecule has 0 spiro atoms. The van der Waals surface area contributed by atoms with Gasteiger partial charge in [0.25, 0.3) is 0 Å². The van der Waals surface area contributed by atoms with Crippen LogP contribution in [0.4, 0.5) is 0 Å². The van der Waals surface area contributed by atoms with E-state index in [-0.39, 0.29) is 5.84 Å². The van der Waals surface area contributed by atoms with Crippen LogP contribution in [0.15, 0.2) is 48.0 Å². The summed E-state index contributed by atoms with van der Waals surface area (Å²) in [7, 11) is 1.91. The van der Waals surface area contributed by atoms with Crippen LogP contribution in [-0.2, 0) is 20.0 Å². The van der Waals surface area contributed by atoms with E-state index < -0.39 is 0 Å². The van der Waals surface area contributed by atoms with E-state index in [2.05, 4.69) is 14.8 Å². The third-order valence-electron chi connectivity index (χ3n) is 3.60. The SMILES string of the molecule is Cn1cc(CCn2ccc3c(/C(N)=N/O)cccc32)cn1. The fraction of sp³-hybridized carbons (Fsp3) is 0.200. The Bertz CT molecular complexity index is 799.